The molecule has 0 atom stereocenters. The minimum Gasteiger partial charge on any atom is -0.456 e. The summed E-state index contributed by atoms with van der Waals surface area (Å²) in [6.07, 6.45) is 0. The molecule has 8 aromatic carbocycles. The summed E-state index contributed by atoms with van der Waals surface area (Å²) in [5.74, 6) is 6.94. The van der Waals surface area contributed by atoms with Gasteiger partial charge in [-0.3, -0.25) is 0 Å². The molecular weight excluding hydrogens is 945 g/mol. The summed E-state index contributed by atoms with van der Waals surface area (Å²) in [7, 11) is 0. The molecular formula is C64H50N8O4. The van der Waals surface area contributed by atoms with E-state index in [0.29, 0.717) is 90.8 Å². The minimum atomic E-state index is 0.388. The first kappa shape index (κ1) is 46.1. The second-order valence-corrected chi connectivity index (χ2v) is 19.6. The van der Waals surface area contributed by atoms with Crippen LogP contribution in [0.5, 0.6) is 46.0 Å². The van der Waals surface area contributed by atoms with Crippen molar-refractivity contribution < 1.29 is 18.9 Å². The predicted octanol–water partition coefficient (Wildman–Crippen LogP) is 16.5. The van der Waals surface area contributed by atoms with Crippen LogP contribution in [0.3, 0.4) is 0 Å². The Morgan fingerprint density at radius 3 is 0.895 bits per heavy atom. The molecule has 12 nitrogen and oxygen atoms in total. The maximum atomic E-state index is 6.91. The number of ether oxygens (including phenoxy) is 4. The van der Waals surface area contributed by atoms with Crippen molar-refractivity contribution in [2.24, 2.45) is 0 Å². The van der Waals surface area contributed by atoms with Crippen LogP contribution in [-0.2, 0) is 0 Å². The van der Waals surface area contributed by atoms with Gasteiger partial charge in [-0.15, -0.1) is 0 Å². The standard InChI is InChI=1S/C64H50N8O4/c1-33-17-9-18-34(2)53(33)73-45-29-13-25-41-49(45)61-65-57(41)70-62-51-43(27-15-31-47(51)75-55-37(5)21-11-22-38(55)6)59(67-62)72-64-52-44(28-16-32-48(52)76-56-39(7)23-12-24-40(56)8)60(68-64)71-63-50-42(58(66-63)69-61)26-14-30-46(50)74-54-35(3)19-10-20-36(54)4/h9-32H,1-8H3,(H2,65,66,67,68,69,70,71,72). The normalized spacial score (nSPS) is 11.7. The number of H-pyrrole nitrogens is 2. The number of benzene rings is 8. The van der Waals surface area contributed by atoms with Gasteiger partial charge in [-0.2, -0.15) is 0 Å². The molecule has 2 N–H and O–H groups in total. The first-order valence-corrected chi connectivity index (χ1v) is 25.3. The van der Waals surface area contributed by atoms with E-state index in [4.69, 9.17) is 48.9 Å². The predicted molar refractivity (Wildman–Crippen MR) is 300 cm³/mol. The molecule has 0 spiro atoms. The number of nitrogens with zero attached hydrogens (tertiary/aromatic N) is 6. The molecule has 76 heavy (non-hydrogen) atoms. The molecule has 2 aliphatic heterocycles. The molecule has 12 heteroatoms. The highest BCUT2D eigenvalue weighted by Gasteiger charge is 2.29. The molecule has 13 rings (SSSR count). The Labute approximate surface area is 438 Å². The van der Waals surface area contributed by atoms with E-state index in [1.807, 2.05) is 201 Å². The van der Waals surface area contributed by atoms with Gasteiger partial charge in [-0.25, -0.2) is 29.9 Å². The van der Waals surface area contributed by atoms with E-state index in [0.717, 1.165) is 89.4 Å². The minimum absolute atomic E-state index is 0.388. The lowest BCUT2D eigenvalue weighted by Gasteiger charge is -2.14. The fourth-order valence-electron chi connectivity index (χ4n) is 10.5. The van der Waals surface area contributed by atoms with Gasteiger partial charge in [0.15, 0.2) is 23.3 Å². The quantitative estimate of drug-likeness (QED) is 0.151. The highest BCUT2D eigenvalue weighted by molar-refractivity contribution is 6.10. The van der Waals surface area contributed by atoms with E-state index >= 15 is 0 Å². The van der Waals surface area contributed by atoms with E-state index in [2.05, 4.69) is 9.97 Å². The van der Waals surface area contributed by atoms with Gasteiger partial charge < -0.3 is 28.9 Å². The number of aryl methyl sites for hydroxylation is 8. The van der Waals surface area contributed by atoms with Crippen LogP contribution >= 0.6 is 0 Å². The third-order valence-electron chi connectivity index (χ3n) is 14.3. The Morgan fingerprint density at radius 1 is 0.276 bits per heavy atom. The van der Waals surface area contributed by atoms with Crippen molar-refractivity contribution >= 4 is 44.1 Å². The second-order valence-electron chi connectivity index (χ2n) is 19.6. The fraction of sp³-hybridized carbons (Fsp3) is 0.125. The van der Waals surface area contributed by atoms with E-state index in [1.54, 1.807) is 0 Å². The van der Waals surface area contributed by atoms with Gasteiger partial charge in [0.25, 0.3) is 0 Å². The zero-order valence-corrected chi connectivity index (χ0v) is 43.2. The summed E-state index contributed by atoms with van der Waals surface area (Å²) in [6, 6.07) is 48.2. The van der Waals surface area contributed by atoms with Gasteiger partial charge in [0.1, 0.15) is 68.6 Å². The fourth-order valence-corrected chi connectivity index (χ4v) is 10.5. The highest BCUT2D eigenvalue weighted by atomic mass is 16.5. The zero-order chi connectivity index (χ0) is 51.9. The van der Waals surface area contributed by atoms with Gasteiger partial charge >= 0.3 is 0 Å². The number of rotatable bonds is 8. The van der Waals surface area contributed by atoms with Crippen LogP contribution < -0.4 is 18.9 Å². The van der Waals surface area contributed by atoms with Gasteiger partial charge in [0.05, 0.1) is 21.9 Å². The number of aromatic amines is 2. The van der Waals surface area contributed by atoms with Crippen molar-refractivity contribution in [3.05, 3.63) is 190 Å². The van der Waals surface area contributed by atoms with Crippen molar-refractivity contribution in [2.45, 2.75) is 55.4 Å². The van der Waals surface area contributed by atoms with Crippen LogP contribution in [0.2, 0.25) is 0 Å². The lowest BCUT2D eigenvalue weighted by molar-refractivity contribution is 0.476. The van der Waals surface area contributed by atoms with Crippen LogP contribution in [0.4, 0.5) is 0 Å². The summed E-state index contributed by atoms with van der Waals surface area (Å²) in [6.45, 7) is 16.4. The van der Waals surface area contributed by atoms with Crippen LogP contribution in [0.15, 0.2) is 146 Å². The van der Waals surface area contributed by atoms with E-state index in [1.165, 1.54) is 0 Å². The van der Waals surface area contributed by atoms with Crippen LogP contribution in [0.25, 0.3) is 89.7 Å². The summed E-state index contributed by atoms with van der Waals surface area (Å²) in [5, 5.41) is 2.91. The molecule has 0 aliphatic carbocycles. The van der Waals surface area contributed by atoms with E-state index < -0.39 is 0 Å². The molecule has 0 fully saturated rings. The zero-order valence-electron chi connectivity index (χ0n) is 43.2. The summed E-state index contributed by atoms with van der Waals surface area (Å²) in [5.41, 5.74) is 12.7. The first-order valence-electron chi connectivity index (χ1n) is 25.3. The third kappa shape index (κ3) is 7.76. The van der Waals surface area contributed by atoms with Crippen molar-refractivity contribution in [1.29, 1.82) is 0 Å². The number of hydrogen-bond acceptors (Lipinski definition) is 10. The summed E-state index contributed by atoms with van der Waals surface area (Å²) in [4.78, 5) is 39.6. The molecule has 2 aliphatic rings. The van der Waals surface area contributed by atoms with Crippen molar-refractivity contribution in [3.63, 3.8) is 0 Å². The topological polar surface area (TPSA) is 146 Å². The molecule has 5 heterocycles. The third-order valence-corrected chi connectivity index (χ3v) is 14.3. The Kier molecular flexibility index (Phi) is 11.0. The van der Waals surface area contributed by atoms with E-state index in [9.17, 15) is 0 Å². The Morgan fingerprint density at radius 2 is 0.553 bits per heavy atom. The van der Waals surface area contributed by atoms with Crippen LogP contribution in [0, 0.1) is 55.4 Å². The molecule has 3 aromatic heterocycles. The average Bonchev–Trinajstić information content (AvgIpc) is 4.16. The number of nitrogens with one attached hydrogen (secondary N) is 2. The SMILES string of the molecule is Cc1cccc(C)c1Oc1cccc2c1-c1nc-2nc2[nH]c(nc3nc(nc4[nH]c(n1)c1cccc(Oc5c(C)cccc5C)c41)-c1cccc(Oc4c(C)cccc4C)c1-3)c1cccc(Oc3c(C)cccc3C)c21. The maximum Gasteiger partial charge on any atom is 0.168 e. The summed E-state index contributed by atoms with van der Waals surface area (Å²) < 4.78 is 27.6. The molecule has 0 saturated carbocycles. The van der Waals surface area contributed by atoms with Gasteiger partial charge in [-0.05, 0) is 124 Å². The largest absolute Gasteiger partial charge is 0.456 e. The monoisotopic (exact) mass is 994 g/mol. The smallest absolute Gasteiger partial charge is 0.168 e. The van der Waals surface area contributed by atoms with Crippen molar-refractivity contribution in [2.75, 3.05) is 0 Å². The lowest BCUT2D eigenvalue weighted by atomic mass is 10.1. The first-order chi connectivity index (χ1) is 36.9. The van der Waals surface area contributed by atoms with Crippen LogP contribution in [-0.4, -0.2) is 39.9 Å². The summed E-state index contributed by atoms with van der Waals surface area (Å²) >= 11 is 0. The average molecular weight is 995 g/mol. The number of para-hydroxylation sites is 4. The maximum absolute atomic E-state index is 6.91. The Balaban J connectivity index is 1.16. The molecule has 8 bridgehead atoms. The van der Waals surface area contributed by atoms with Crippen LogP contribution in [0.1, 0.15) is 44.5 Å². The number of fused-ring (bicyclic) bond motifs is 20. The number of aromatic nitrogens is 8. The molecule has 0 amide bonds. The van der Waals surface area contributed by atoms with Gasteiger partial charge in [0, 0.05) is 21.9 Å². The number of hydrogen-bond donors (Lipinski definition) is 2. The highest BCUT2D eigenvalue weighted by Crippen LogP contribution is 2.47. The Bertz CT molecular complexity index is 4060. The molecule has 0 unspecified atom stereocenters. The van der Waals surface area contributed by atoms with Gasteiger partial charge in [-0.1, -0.05) is 121 Å². The van der Waals surface area contributed by atoms with Crippen molar-refractivity contribution in [3.8, 4) is 91.5 Å². The molecule has 11 aromatic rings. The molecule has 0 saturated heterocycles. The lowest BCUT2D eigenvalue weighted by Crippen LogP contribution is -1.94. The second kappa shape index (κ2) is 18.1. The van der Waals surface area contributed by atoms with E-state index in [-0.39, 0.29) is 0 Å². The molecule has 370 valence electrons. The molecule has 0 radical (unpaired) electrons. The van der Waals surface area contributed by atoms with Crippen molar-refractivity contribution in [1.82, 2.24) is 39.9 Å². The Hall–Kier alpha value is -9.68. The van der Waals surface area contributed by atoms with Gasteiger partial charge in [0.2, 0.25) is 0 Å².